The summed E-state index contributed by atoms with van der Waals surface area (Å²) in [6.07, 6.45) is 3.59. The summed E-state index contributed by atoms with van der Waals surface area (Å²) in [5, 5.41) is 8.11. The van der Waals surface area contributed by atoms with Crippen LogP contribution in [0.25, 0.3) is 0 Å². The molecule has 3 nitrogen and oxygen atoms in total. The molecular weight excluding hydrogens is 222 g/mol. The van der Waals surface area contributed by atoms with Crippen LogP contribution in [0.3, 0.4) is 0 Å². The zero-order chi connectivity index (χ0) is 13.5. The first-order chi connectivity index (χ1) is 8.56. The van der Waals surface area contributed by atoms with Crippen LogP contribution in [0, 0.1) is 12.8 Å². The van der Waals surface area contributed by atoms with Gasteiger partial charge >= 0.3 is 0 Å². The Balaban J connectivity index is 2.54. The highest BCUT2D eigenvalue weighted by Crippen LogP contribution is 2.13. The number of nitrogens with one attached hydrogen (secondary N) is 1. The fraction of sp³-hybridized carbons (Fsp3) is 0.800. The predicted molar refractivity (Wildman–Crippen MR) is 77.9 cm³/mol. The molecule has 0 aliphatic heterocycles. The van der Waals surface area contributed by atoms with E-state index in [1.807, 2.05) is 0 Å². The second-order valence-electron chi connectivity index (χ2n) is 5.52. The highest BCUT2D eigenvalue weighted by Gasteiger charge is 2.11. The van der Waals surface area contributed by atoms with Gasteiger partial charge in [-0.05, 0) is 51.6 Å². The summed E-state index contributed by atoms with van der Waals surface area (Å²) < 4.78 is 2.13. The third-order valence-corrected chi connectivity index (χ3v) is 3.28. The topological polar surface area (TPSA) is 29.9 Å². The number of hydrogen-bond donors (Lipinski definition) is 1. The third-order valence-electron chi connectivity index (χ3n) is 3.28. The van der Waals surface area contributed by atoms with Gasteiger partial charge in [-0.3, -0.25) is 4.68 Å². The van der Waals surface area contributed by atoms with Crippen LogP contribution < -0.4 is 5.32 Å². The molecule has 0 radical (unpaired) electrons. The molecule has 1 aromatic heterocycles. The molecule has 0 aromatic carbocycles. The Labute approximate surface area is 112 Å². The molecule has 1 rings (SSSR count). The minimum absolute atomic E-state index is 0.635. The van der Waals surface area contributed by atoms with E-state index >= 15 is 0 Å². The van der Waals surface area contributed by atoms with Crippen LogP contribution in [0.15, 0.2) is 6.07 Å². The summed E-state index contributed by atoms with van der Waals surface area (Å²) in [5.74, 6) is 0.756. The fourth-order valence-corrected chi connectivity index (χ4v) is 2.56. The molecule has 3 heteroatoms. The number of aryl methyl sites for hydroxylation is 3. The van der Waals surface area contributed by atoms with Crippen molar-refractivity contribution in [3.63, 3.8) is 0 Å². The van der Waals surface area contributed by atoms with Gasteiger partial charge in [-0.15, -0.1) is 0 Å². The van der Waals surface area contributed by atoms with Crippen LogP contribution in [0.4, 0.5) is 0 Å². The van der Waals surface area contributed by atoms with E-state index in [0.29, 0.717) is 6.04 Å². The van der Waals surface area contributed by atoms with Gasteiger partial charge in [-0.1, -0.05) is 20.8 Å². The van der Waals surface area contributed by atoms with Gasteiger partial charge < -0.3 is 5.32 Å². The van der Waals surface area contributed by atoms with Crippen molar-refractivity contribution in [2.45, 2.75) is 66.5 Å². The Morgan fingerprint density at radius 2 is 2.06 bits per heavy atom. The molecule has 0 fully saturated rings. The van der Waals surface area contributed by atoms with Crippen molar-refractivity contribution in [2.75, 3.05) is 6.54 Å². The molecule has 0 aliphatic carbocycles. The van der Waals surface area contributed by atoms with Gasteiger partial charge in [0.05, 0.1) is 5.69 Å². The molecule has 1 N–H and O–H groups in total. The summed E-state index contributed by atoms with van der Waals surface area (Å²) in [7, 11) is 0. The van der Waals surface area contributed by atoms with Gasteiger partial charge in [-0.2, -0.15) is 5.10 Å². The van der Waals surface area contributed by atoms with Crippen LogP contribution in [-0.4, -0.2) is 22.4 Å². The normalized spacial score (nSPS) is 13.2. The lowest BCUT2D eigenvalue weighted by atomic mass is 9.99. The quantitative estimate of drug-likeness (QED) is 0.769. The van der Waals surface area contributed by atoms with Gasteiger partial charge in [0.1, 0.15) is 0 Å². The average molecular weight is 251 g/mol. The molecule has 1 atom stereocenters. The minimum Gasteiger partial charge on any atom is -0.314 e. The zero-order valence-electron chi connectivity index (χ0n) is 12.7. The lowest BCUT2D eigenvalue weighted by Crippen LogP contribution is -2.31. The van der Waals surface area contributed by atoms with E-state index < -0.39 is 0 Å². The molecule has 0 saturated heterocycles. The van der Waals surface area contributed by atoms with E-state index in [1.54, 1.807) is 0 Å². The van der Waals surface area contributed by atoms with Gasteiger partial charge in [0, 0.05) is 18.3 Å². The van der Waals surface area contributed by atoms with Gasteiger partial charge in [0.2, 0.25) is 0 Å². The van der Waals surface area contributed by atoms with Crippen molar-refractivity contribution in [3.8, 4) is 0 Å². The summed E-state index contributed by atoms with van der Waals surface area (Å²) in [5.41, 5.74) is 2.51. The molecule has 1 heterocycles. The first kappa shape index (κ1) is 15.2. The largest absolute Gasteiger partial charge is 0.314 e. The Bertz CT molecular complexity index is 342. The molecule has 0 bridgehead atoms. The third kappa shape index (κ3) is 4.81. The summed E-state index contributed by atoms with van der Waals surface area (Å²) in [6.45, 7) is 13.0. The van der Waals surface area contributed by atoms with Crippen molar-refractivity contribution in [2.24, 2.45) is 5.92 Å². The maximum Gasteiger partial charge on any atom is 0.0596 e. The van der Waals surface area contributed by atoms with Gasteiger partial charge in [-0.25, -0.2) is 0 Å². The maximum atomic E-state index is 4.51. The minimum atomic E-state index is 0.635. The second-order valence-corrected chi connectivity index (χ2v) is 5.52. The molecule has 0 spiro atoms. The van der Waals surface area contributed by atoms with E-state index in [9.17, 15) is 0 Å². The zero-order valence-corrected chi connectivity index (χ0v) is 12.7. The lowest BCUT2D eigenvalue weighted by molar-refractivity contribution is 0.401. The van der Waals surface area contributed by atoms with Gasteiger partial charge in [0.15, 0.2) is 0 Å². The monoisotopic (exact) mass is 251 g/mol. The predicted octanol–water partition coefficient (Wildman–Crippen LogP) is 3.17. The molecular formula is C15H29N3. The van der Waals surface area contributed by atoms with Crippen LogP contribution in [0.2, 0.25) is 0 Å². The van der Waals surface area contributed by atoms with Gasteiger partial charge in [0.25, 0.3) is 0 Å². The van der Waals surface area contributed by atoms with E-state index in [-0.39, 0.29) is 0 Å². The standard InChI is InChI=1S/C15H29N3/c1-6-16-14(10-12(3)4)8-9-15-11-13(5)17-18(15)7-2/h11-12,14,16H,6-10H2,1-5H3. The molecule has 18 heavy (non-hydrogen) atoms. The lowest BCUT2D eigenvalue weighted by Gasteiger charge is -2.20. The molecule has 0 aliphatic rings. The van der Waals surface area contributed by atoms with E-state index in [2.05, 4.69) is 55.8 Å². The fourth-order valence-electron chi connectivity index (χ4n) is 2.56. The van der Waals surface area contributed by atoms with E-state index in [4.69, 9.17) is 0 Å². The van der Waals surface area contributed by atoms with Crippen LogP contribution in [0.5, 0.6) is 0 Å². The van der Waals surface area contributed by atoms with Crippen molar-refractivity contribution >= 4 is 0 Å². The van der Waals surface area contributed by atoms with E-state index in [1.165, 1.54) is 18.5 Å². The molecule has 0 amide bonds. The number of nitrogens with zero attached hydrogens (tertiary/aromatic N) is 2. The Morgan fingerprint density at radius 3 is 2.61 bits per heavy atom. The summed E-state index contributed by atoms with van der Waals surface area (Å²) in [6, 6.07) is 2.86. The van der Waals surface area contributed by atoms with Crippen molar-refractivity contribution < 1.29 is 0 Å². The number of aromatic nitrogens is 2. The summed E-state index contributed by atoms with van der Waals surface area (Å²) in [4.78, 5) is 0. The first-order valence-electron chi connectivity index (χ1n) is 7.33. The average Bonchev–Trinajstić information content (AvgIpc) is 2.66. The van der Waals surface area contributed by atoms with Crippen LogP contribution in [-0.2, 0) is 13.0 Å². The van der Waals surface area contributed by atoms with Crippen molar-refractivity contribution in [3.05, 3.63) is 17.5 Å². The molecule has 1 unspecified atom stereocenters. The smallest absolute Gasteiger partial charge is 0.0596 e. The second kappa shape index (κ2) is 7.57. The SMILES string of the molecule is CCNC(CCc1cc(C)nn1CC)CC(C)C. The Hall–Kier alpha value is -0.830. The van der Waals surface area contributed by atoms with Crippen LogP contribution in [0.1, 0.15) is 51.9 Å². The molecule has 104 valence electrons. The number of rotatable bonds is 8. The highest BCUT2D eigenvalue weighted by atomic mass is 15.3. The van der Waals surface area contributed by atoms with Crippen LogP contribution >= 0.6 is 0 Å². The van der Waals surface area contributed by atoms with Crippen molar-refractivity contribution in [1.82, 2.24) is 15.1 Å². The van der Waals surface area contributed by atoms with E-state index in [0.717, 1.165) is 31.1 Å². The maximum absolute atomic E-state index is 4.51. The highest BCUT2D eigenvalue weighted by molar-refractivity contribution is 5.09. The number of hydrogen-bond acceptors (Lipinski definition) is 2. The molecule has 1 aromatic rings. The first-order valence-corrected chi connectivity index (χ1v) is 7.33. The Kier molecular flexibility index (Phi) is 6.41. The summed E-state index contributed by atoms with van der Waals surface area (Å²) >= 11 is 0. The van der Waals surface area contributed by atoms with Crippen molar-refractivity contribution in [1.29, 1.82) is 0 Å². The Morgan fingerprint density at radius 1 is 1.33 bits per heavy atom. The molecule has 0 saturated carbocycles.